The summed E-state index contributed by atoms with van der Waals surface area (Å²) in [5.74, 6) is 2.07. The summed E-state index contributed by atoms with van der Waals surface area (Å²) in [6, 6.07) is 5.31. The number of methoxy groups -OCH3 is 1. The number of halogens is 1. The van der Waals surface area contributed by atoms with Crippen LogP contribution in [-0.4, -0.2) is 37.7 Å². The van der Waals surface area contributed by atoms with E-state index in [9.17, 15) is 4.39 Å². The van der Waals surface area contributed by atoms with Gasteiger partial charge in [-0.2, -0.15) is 0 Å². The molecule has 4 heteroatoms. The molecule has 0 aromatic heterocycles. The van der Waals surface area contributed by atoms with Crippen molar-refractivity contribution in [3.05, 3.63) is 29.6 Å². The van der Waals surface area contributed by atoms with Crippen LogP contribution in [0.1, 0.15) is 12.5 Å². The van der Waals surface area contributed by atoms with Crippen LogP contribution in [0, 0.1) is 17.7 Å². The summed E-state index contributed by atoms with van der Waals surface area (Å²) < 4.78 is 18.7. The summed E-state index contributed by atoms with van der Waals surface area (Å²) in [7, 11) is 1.64. The van der Waals surface area contributed by atoms with Gasteiger partial charge in [0.2, 0.25) is 0 Å². The molecule has 2 aliphatic heterocycles. The molecule has 2 aliphatic rings. The van der Waals surface area contributed by atoms with E-state index in [0.29, 0.717) is 6.04 Å². The second-order valence-electron chi connectivity index (χ2n) is 5.71. The van der Waals surface area contributed by atoms with Gasteiger partial charge in [0.05, 0.1) is 7.11 Å². The summed E-state index contributed by atoms with van der Waals surface area (Å²) in [5, 5.41) is 3.46. The largest absolute Gasteiger partial charge is 0.496 e. The SMILES string of the molecule is COc1ccc(F)cc1CN1CC2CNCC2C1C. The highest BCUT2D eigenvalue weighted by molar-refractivity contribution is 5.34. The predicted octanol–water partition coefficient (Wildman–Crippen LogP) is 1.87. The van der Waals surface area contributed by atoms with Crippen molar-refractivity contribution in [3.8, 4) is 5.75 Å². The van der Waals surface area contributed by atoms with E-state index in [4.69, 9.17) is 4.74 Å². The molecule has 3 atom stereocenters. The van der Waals surface area contributed by atoms with Crippen molar-refractivity contribution in [3.63, 3.8) is 0 Å². The minimum Gasteiger partial charge on any atom is -0.496 e. The molecule has 3 rings (SSSR count). The second kappa shape index (κ2) is 5.10. The summed E-state index contributed by atoms with van der Waals surface area (Å²) >= 11 is 0. The third-order valence-corrected chi connectivity index (χ3v) is 4.67. The number of likely N-dealkylation sites (tertiary alicyclic amines) is 1. The van der Waals surface area contributed by atoms with Crippen LogP contribution < -0.4 is 10.1 Å². The summed E-state index contributed by atoms with van der Waals surface area (Å²) in [6.07, 6.45) is 0. The molecule has 19 heavy (non-hydrogen) atoms. The minimum absolute atomic E-state index is 0.190. The molecule has 0 amide bonds. The Kier molecular flexibility index (Phi) is 3.46. The van der Waals surface area contributed by atoms with Gasteiger partial charge in [0.25, 0.3) is 0 Å². The molecular formula is C15H21FN2O. The molecule has 3 unspecified atom stereocenters. The molecule has 2 fully saturated rings. The standard InChI is InChI=1S/C15H21FN2O/c1-10-14-7-17-6-12(14)9-18(10)8-11-5-13(16)3-4-15(11)19-2/h3-5,10,12,14,17H,6-9H2,1-2H3. The van der Waals surface area contributed by atoms with Gasteiger partial charge in [0.1, 0.15) is 11.6 Å². The number of fused-ring (bicyclic) bond motifs is 1. The van der Waals surface area contributed by atoms with E-state index in [-0.39, 0.29) is 5.82 Å². The second-order valence-corrected chi connectivity index (χ2v) is 5.71. The Labute approximate surface area is 113 Å². The molecule has 0 radical (unpaired) electrons. The van der Waals surface area contributed by atoms with Gasteiger partial charge < -0.3 is 10.1 Å². The van der Waals surface area contributed by atoms with Crippen LogP contribution in [0.25, 0.3) is 0 Å². The van der Waals surface area contributed by atoms with Crippen molar-refractivity contribution in [1.29, 1.82) is 0 Å². The van der Waals surface area contributed by atoms with Crippen LogP contribution in [0.15, 0.2) is 18.2 Å². The normalized spacial score (nSPS) is 30.6. The highest BCUT2D eigenvalue weighted by atomic mass is 19.1. The molecule has 1 aromatic rings. The van der Waals surface area contributed by atoms with Crippen LogP contribution in [0.2, 0.25) is 0 Å². The third kappa shape index (κ3) is 2.35. The Morgan fingerprint density at radius 3 is 3.00 bits per heavy atom. The predicted molar refractivity (Wildman–Crippen MR) is 72.7 cm³/mol. The monoisotopic (exact) mass is 264 g/mol. The van der Waals surface area contributed by atoms with E-state index >= 15 is 0 Å². The van der Waals surface area contributed by atoms with Crippen molar-refractivity contribution in [2.75, 3.05) is 26.7 Å². The van der Waals surface area contributed by atoms with Gasteiger partial charge in [-0.15, -0.1) is 0 Å². The number of hydrogen-bond acceptors (Lipinski definition) is 3. The van der Waals surface area contributed by atoms with Gasteiger partial charge in [0.15, 0.2) is 0 Å². The summed E-state index contributed by atoms with van der Waals surface area (Å²) in [4.78, 5) is 2.45. The highest BCUT2D eigenvalue weighted by Crippen LogP contribution is 2.34. The molecular weight excluding hydrogens is 243 g/mol. The van der Waals surface area contributed by atoms with Gasteiger partial charge in [-0.1, -0.05) is 0 Å². The van der Waals surface area contributed by atoms with Gasteiger partial charge in [-0.05, 0) is 50.0 Å². The quantitative estimate of drug-likeness (QED) is 0.902. The van der Waals surface area contributed by atoms with Crippen molar-refractivity contribution in [2.24, 2.45) is 11.8 Å². The van der Waals surface area contributed by atoms with Crippen LogP contribution in [0.3, 0.4) is 0 Å². The van der Waals surface area contributed by atoms with Crippen molar-refractivity contribution < 1.29 is 9.13 Å². The van der Waals surface area contributed by atoms with Crippen LogP contribution >= 0.6 is 0 Å². The molecule has 0 aliphatic carbocycles. The zero-order chi connectivity index (χ0) is 13.4. The Bertz CT molecular complexity index is 465. The number of rotatable bonds is 3. The molecule has 0 saturated carbocycles. The topological polar surface area (TPSA) is 24.5 Å². The lowest BCUT2D eigenvalue weighted by atomic mass is 9.95. The number of nitrogens with zero attached hydrogens (tertiary/aromatic N) is 1. The first-order chi connectivity index (χ1) is 9.19. The fraction of sp³-hybridized carbons (Fsp3) is 0.600. The lowest BCUT2D eigenvalue weighted by Crippen LogP contribution is -2.32. The first-order valence-corrected chi connectivity index (χ1v) is 6.96. The average Bonchev–Trinajstić information content (AvgIpc) is 2.95. The number of hydrogen-bond donors (Lipinski definition) is 1. The lowest BCUT2D eigenvalue weighted by molar-refractivity contribution is 0.228. The Morgan fingerprint density at radius 1 is 1.42 bits per heavy atom. The number of benzene rings is 1. The fourth-order valence-corrected chi connectivity index (χ4v) is 3.55. The maximum atomic E-state index is 13.4. The Morgan fingerprint density at radius 2 is 2.26 bits per heavy atom. The summed E-state index contributed by atoms with van der Waals surface area (Å²) in [6.45, 7) is 6.38. The van der Waals surface area contributed by atoms with Crippen LogP contribution in [-0.2, 0) is 6.54 Å². The van der Waals surface area contributed by atoms with E-state index < -0.39 is 0 Å². The minimum atomic E-state index is -0.190. The fourth-order valence-electron chi connectivity index (χ4n) is 3.55. The van der Waals surface area contributed by atoms with E-state index in [0.717, 1.165) is 49.3 Å². The Hall–Kier alpha value is -1.13. The highest BCUT2D eigenvalue weighted by Gasteiger charge is 2.41. The molecule has 0 bridgehead atoms. The zero-order valence-electron chi connectivity index (χ0n) is 11.5. The van der Waals surface area contributed by atoms with Gasteiger partial charge in [0, 0.05) is 24.7 Å². The van der Waals surface area contributed by atoms with Crippen LogP contribution in [0.4, 0.5) is 4.39 Å². The summed E-state index contributed by atoms with van der Waals surface area (Å²) in [5.41, 5.74) is 0.947. The average molecular weight is 264 g/mol. The molecule has 0 spiro atoms. The van der Waals surface area contributed by atoms with Gasteiger partial charge in [-0.25, -0.2) is 4.39 Å². The maximum absolute atomic E-state index is 13.4. The van der Waals surface area contributed by atoms with Crippen molar-refractivity contribution in [2.45, 2.75) is 19.5 Å². The van der Waals surface area contributed by atoms with E-state index in [1.54, 1.807) is 19.2 Å². The number of nitrogens with one attached hydrogen (secondary N) is 1. The molecule has 1 aromatic carbocycles. The first-order valence-electron chi connectivity index (χ1n) is 6.96. The van der Waals surface area contributed by atoms with Gasteiger partial charge in [-0.3, -0.25) is 4.90 Å². The number of ether oxygens (including phenoxy) is 1. The van der Waals surface area contributed by atoms with Crippen molar-refractivity contribution >= 4 is 0 Å². The molecule has 3 nitrogen and oxygen atoms in total. The van der Waals surface area contributed by atoms with E-state index in [1.807, 2.05) is 0 Å². The van der Waals surface area contributed by atoms with Gasteiger partial charge >= 0.3 is 0 Å². The molecule has 2 saturated heterocycles. The lowest BCUT2D eigenvalue weighted by Gasteiger charge is -2.25. The van der Waals surface area contributed by atoms with E-state index in [2.05, 4.69) is 17.1 Å². The zero-order valence-corrected chi connectivity index (χ0v) is 11.5. The molecule has 2 heterocycles. The molecule has 104 valence electrons. The maximum Gasteiger partial charge on any atom is 0.123 e. The van der Waals surface area contributed by atoms with E-state index in [1.165, 1.54) is 6.07 Å². The Balaban J connectivity index is 1.77. The smallest absolute Gasteiger partial charge is 0.123 e. The van der Waals surface area contributed by atoms with Crippen molar-refractivity contribution in [1.82, 2.24) is 10.2 Å². The van der Waals surface area contributed by atoms with Crippen LogP contribution in [0.5, 0.6) is 5.75 Å². The third-order valence-electron chi connectivity index (χ3n) is 4.67. The molecule has 1 N–H and O–H groups in total. The first kappa shape index (κ1) is 12.9.